The van der Waals surface area contributed by atoms with Gasteiger partial charge < -0.3 is 14.6 Å². The minimum Gasteiger partial charge on any atom is -0.379 e. The van der Waals surface area contributed by atoms with Crippen LogP contribution < -0.4 is 4.90 Å². The first-order valence-electron chi connectivity index (χ1n) is 13.1. The van der Waals surface area contributed by atoms with Crippen LogP contribution in [0.25, 0.3) is 22.3 Å². The lowest BCUT2D eigenvalue weighted by molar-refractivity contribution is -0.124. The number of hydrogen-bond acceptors (Lipinski definition) is 4. The maximum Gasteiger partial charge on any atom is 0.243 e. The predicted octanol–water partition coefficient (Wildman–Crippen LogP) is 4.25. The molecule has 1 fully saturated rings. The molecule has 0 spiro atoms. The zero-order chi connectivity index (χ0) is 25.0. The number of aromatic nitrogens is 3. The molecule has 2 atom stereocenters. The number of nitrogens with one attached hydrogen (secondary N) is 2. The number of carbonyl (C=O) groups excluding carboxylic acids is 1. The summed E-state index contributed by atoms with van der Waals surface area (Å²) >= 11 is 0. The minimum atomic E-state index is -0.194. The number of morpholine rings is 1. The summed E-state index contributed by atoms with van der Waals surface area (Å²) in [6, 6.07) is 6.29. The summed E-state index contributed by atoms with van der Waals surface area (Å²) in [5, 5.41) is 9.22. The third-order valence-corrected chi connectivity index (χ3v) is 8.30. The molecule has 1 saturated heterocycles. The zero-order valence-electron chi connectivity index (χ0n) is 21.7. The number of amides is 1. The molecule has 2 aliphatic carbocycles. The number of hydrogen-bond donors (Lipinski definition) is 2. The van der Waals surface area contributed by atoms with E-state index in [1.165, 1.54) is 22.2 Å². The van der Waals surface area contributed by atoms with E-state index in [2.05, 4.69) is 58.9 Å². The molecule has 2 aromatic heterocycles. The number of H-pyrrole nitrogens is 2. The van der Waals surface area contributed by atoms with Gasteiger partial charge in [0.15, 0.2) is 0 Å². The van der Waals surface area contributed by atoms with Crippen LogP contribution in [-0.4, -0.2) is 65.4 Å². The van der Waals surface area contributed by atoms with Crippen LogP contribution in [0.3, 0.4) is 0 Å². The number of ether oxygens (including phenoxy) is 1. The number of rotatable bonds is 5. The van der Waals surface area contributed by atoms with Crippen molar-refractivity contribution < 1.29 is 9.53 Å². The van der Waals surface area contributed by atoms with Crippen LogP contribution in [0.4, 0.5) is 5.69 Å². The van der Waals surface area contributed by atoms with E-state index in [-0.39, 0.29) is 17.9 Å². The van der Waals surface area contributed by atoms with Gasteiger partial charge in [0.1, 0.15) is 5.69 Å². The van der Waals surface area contributed by atoms with Gasteiger partial charge in [0.25, 0.3) is 0 Å². The van der Waals surface area contributed by atoms with Crippen molar-refractivity contribution in [2.24, 2.45) is 5.41 Å². The third-order valence-electron chi connectivity index (χ3n) is 8.30. The van der Waals surface area contributed by atoms with Crippen molar-refractivity contribution in [1.82, 2.24) is 20.1 Å². The fraction of sp³-hybridized carbons (Fsp3) is 0.517. The summed E-state index contributed by atoms with van der Waals surface area (Å²) in [6.07, 6.45) is 4.07. The van der Waals surface area contributed by atoms with Gasteiger partial charge >= 0.3 is 0 Å². The molecule has 188 valence electrons. The summed E-state index contributed by atoms with van der Waals surface area (Å²) in [5.74, 6) is 6.77. The largest absolute Gasteiger partial charge is 0.379 e. The van der Waals surface area contributed by atoms with E-state index < -0.39 is 0 Å². The summed E-state index contributed by atoms with van der Waals surface area (Å²) in [5.41, 5.74) is 8.06. The number of fused-ring (bicyclic) bond motifs is 2. The van der Waals surface area contributed by atoms with Crippen LogP contribution in [0.5, 0.6) is 0 Å². The Bertz CT molecular complexity index is 1380. The molecule has 1 amide bonds. The fourth-order valence-corrected chi connectivity index (χ4v) is 5.85. The number of aromatic amines is 2. The molecule has 6 rings (SSSR count). The van der Waals surface area contributed by atoms with Crippen molar-refractivity contribution in [3.05, 3.63) is 35.0 Å². The first-order chi connectivity index (χ1) is 17.3. The SMILES string of the molecule is C[C@@H](C(=O)N(C)c1cc(C2C#CC2)c2cc(-c3n[nH]c4c3CCC(C)(C)C4)[nH]c2c1)N1CCOCC1. The quantitative estimate of drug-likeness (QED) is 0.530. The number of carbonyl (C=O) groups is 1. The van der Waals surface area contributed by atoms with E-state index in [9.17, 15) is 4.79 Å². The minimum absolute atomic E-state index is 0.0951. The molecular weight excluding hydrogens is 450 g/mol. The Morgan fingerprint density at radius 3 is 2.78 bits per heavy atom. The van der Waals surface area contributed by atoms with Gasteiger partial charge in [-0.3, -0.25) is 14.8 Å². The van der Waals surface area contributed by atoms with Crippen molar-refractivity contribution >= 4 is 22.5 Å². The van der Waals surface area contributed by atoms with Gasteiger partial charge in [-0.15, -0.1) is 5.92 Å². The molecule has 1 aromatic carbocycles. The molecule has 1 unspecified atom stereocenters. The Morgan fingerprint density at radius 2 is 2.06 bits per heavy atom. The van der Waals surface area contributed by atoms with Gasteiger partial charge in [-0.2, -0.15) is 5.10 Å². The summed E-state index contributed by atoms with van der Waals surface area (Å²) < 4.78 is 5.47. The number of likely N-dealkylation sites (N-methyl/N-ethyl adjacent to an activating group) is 1. The molecule has 0 bridgehead atoms. The monoisotopic (exact) mass is 485 g/mol. The zero-order valence-corrected chi connectivity index (χ0v) is 21.7. The molecule has 0 radical (unpaired) electrons. The Hall–Kier alpha value is -3.08. The van der Waals surface area contributed by atoms with Gasteiger partial charge in [0.05, 0.1) is 30.9 Å². The Kier molecular flexibility index (Phi) is 5.70. The van der Waals surface area contributed by atoms with Crippen molar-refractivity contribution in [1.29, 1.82) is 0 Å². The fourth-order valence-electron chi connectivity index (χ4n) is 5.85. The first kappa shape index (κ1) is 23.3. The Labute approximate surface area is 212 Å². The molecule has 3 heterocycles. The van der Waals surface area contributed by atoms with Gasteiger partial charge in [0.2, 0.25) is 5.91 Å². The second-order valence-corrected chi connectivity index (χ2v) is 11.3. The van der Waals surface area contributed by atoms with Crippen LogP contribution in [-0.2, 0) is 22.4 Å². The summed E-state index contributed by atoms with van der Waals surface area (Å²) in [4.78, 5) is 21.1. The highest BCUT2D eigenvalue weighted by molar-refractivity contribution is 6.00. The second-order valence-electron chi connectivity index (χ2n) is 11.3. The molecular formula is C29H35N5O2. The topological polar surface area (TPSA) is 77.2 Å². The maximum absolute atomic E-state index is 13.4. The molecule has 3 aliphatic rings. The standard InChI is InChI=1S/C29H35N5O2/c1-18(34-10-12-36-13-11-34)28(35)33(4)20-14-22(19-6-5-7-19)23-16-25(30-24(23)15-20)27-21-8-9-29(2,3)17-26(21)31-32-27/h14-16,18-19,30H,6,8-13,17H2,1-4H3,(H,31,32)/t18-,19?/m0/s1. The summed E-state index contributed by atoms with van der Waals surface area (Å²) in [6.45, 7) is 9.57. The highest BCUT2D eigenvalue weighted by Crippen LogP contribution is 2.40. The highest BCUT2D eigenvalue weighted by Gasteiger charge is 2.31. The normalized spacial score (nSPS) is 21.8. The van der Waals surface area contributed by atoms with Crippen LogP contribution >= 0.6 is 0 Å². The van der Waals surface area contributed by atoms with Crippen molar-refractivity contribution in [3.63, 3.8) is 0 Å². The molecule has 1 aliphatic heterocycles. The molecule has 3 aromatic rings. The highest BCUT2D eigenvalue weighted by atomic mass is 16.5. The first-order valence-corrected chi connectivity index (χ1v) is 13.1. The maximum atomic E-state index is 13.4. The predicted molar refractivity (Wildman–Crippen MR) is 142 cm³/mol. The lowest BCUT2D eigenvalue weighted by atomic mass is 9.76. The van der Waals surface area contributed by atoms with Gasteiger partial charge in [-0.25, -0.2) is 0 Å². The summed E-state index contributed by atoms with van der Waals surface area (Å²) in [7, 11) is 1.88. The van der Waals surface area contributed by atoms with E-state index >= 15 is 0 Å². The smallest absolute Gasteiger partial charge is 0.243 e. The Morgan fingerprint density at radius 1 is 1.28 bits per heavy atom. The molecule has 36 heavy (non-hydrogen) atoms. The van der Waals surface area contributed by atoms with Crippen molar-refractivity contribution in [2.45, 2.75) is 58.4 Å². The van der Waals surface area contributed by atoms with E-state index in [4.69, 9.17) is 9.84 Å². The van der Waals surface area contributed by atoms with Crippen LogP contribution in [0.15, 0.2) is 18.2 Å². The third kappa shape index (κ3) is 4.03. The van der Waals surface area contributed by atoms with Gasteiger partial charge in [0, 0.05) is 54.4 Å². The lowest BCUT2D eigenvalue weighted by Crippen LogP contribution is -2.50. The average Bonchev–Trinajstić information content (AvgIpc) is 3.45. The van der Waals surface area contributed by atoms with Crippen LogP contribution in [0, 0.1) is 17.3 Å². The van der Waals surface area contributed by atoms with E-state index in [0.717, 1.165) is 61.4 Å². The van der Waals surface area contributed by atoms with E-state index in [1.54, 1.807) is 4.90 Å². The number of nitrogens with zero attached hydrogens (tertiary/aromatic N) is 3. The Balaban J connectivity index is 1.36. The lowest BCUT2D eigenvalue weighted by Gasteiger charge is -2.33. The van der Waals surface area contributed by atoms with Gasteiger partial charge in [-0.1, -0.05) is 19.8 Å². The van der Waals surface area contributed by atoms with E-state index in [1.807, 2.05) is 14.0 Å². The van der Waals surface area contributed by atoms with Crippen LogP contribution in [0.2, 0.25) is 0 Å². The van der Waals surface area contributed by atoms with Crippen molar-refractivity contribution in [2.75, 3.05) is 38.3 Å². The van der Waals surface area contributed by atoms with Crippen LogP contribution in [0.1, 0.15) is 56.4 Å². The van der Waals surface area contributed by atoms with E-state index in [0.29, 0.717) is 18.6 Å². The number of anilines is 1. The number of benzene rings is 1. The molecule has 7 heteroatoms. The van der Waals surface area contributed by atoms with Crippen molar-refractivity contribution in [3.8, 4) is 23.2 Å². The second kappa shape index (κ2) is 8.79. The molecule has 7 nitrogen and oxygen atoms in total. The molecule has 2 N–H and O–H groups in total. The average molecular weight is 486 g/mol. The van der Waals surface area contributed by atoms with Gasteiger partial charge in [-0.05, 0) is 55.4 Å². The molecule has 0 saturated carbocycles.